The van der Waals surface area contributed by atoms with Crippen molar-refractivity contribution in [2.24, 2.45) is 0 Å². The molecule has 0 amide bonds. The summed E-state index contributed by atoms with van der Waals surface area (Å²) in [5.41, 5.74) is 1.24. The van der Waals surface area contributed by atoms with E-state index in [9.17, 15) is 9.82 Å². The van der Waals surface area contributed by atoms with Gasteiger partial charge < -0.3 is 14.4 Å². The van der Waals surface area contributed by atoms with Crippen LogP contribution in [0.4, 0.5) is 0 Å². The van der Waals surface area contributed by atoms with Gasteiger partial charge in [-0.15, -0.1) is 0 Å². The average molecular weight is 288 g/mol. The Kier molecular flexibility index (Phi) is 5.13. The van der Waals surface area contributed by atoms with Gasteiger partial charge in [-0.1, -0.05) is 30.3 Å². The van der Waals surface area contributed by atoms with Gasteiger partial charge in [-0.2, -0.15) is 5.10 Å². The molecule has 21 heavy (non-hydrogen) atoms. The monoisotopic (exact) mass is 288 g/mol. The normalized spacial score (nSPS) is 12.0. The first-order valence-corrected chi connectivity index (χ1v) is 6.63. The largest absolute Gasteiger partial charge is 0.494 e. The van der Waals surface area contributed by atoms with Crippen LogP contribution in [0.15, 0.2) is 42.7 Å². The predicted molar refractivity (Wildman–Crippen MR) is 78.1 cm³/mol. The van der Waals surface area contributed by atoms with Crippen molar-refractivity contribution in [2.75, 3.05) is 13.7 Å². The van der Waals surface area contributed by atoms with E-state index >= 15 is 0 Å². The van der Waals surface area contributed by atoms with E-state index in [1.807, 2.05) is 30.3 Å². The van der Waals surface area contributed by atoms with Crippen LogP contribution >= 0.6 is 0 Å². The van der Waals surface area contributed by atoms with E-state index in [0.717, 1.165) is 5.56 Å². The number of ether oxygens (including phenoxy) is 1. The Bertz CT molecular complexity index is 588. The molecule has 0 radical (unpaired) electrons. The van der Waals surface area contributed by atoms with Gasteiger partial charge in [0, 0.05) is 25.0 Å². The van der Waals surface area contributed by atoms with Crippen molar-refractivity contribution in [3.63, 3.8) is 0 Å². The molecule has 0 fully saturated rings. The molecule has 0 aliphatic heterocycles. The van der Waals surface area contributed by atoms with Crippen LogP contribution in [0.1, 0.15) is 18.5 Å². The topological polar surface area (TPSA) is 73.6 Å². The zero-order chi connectivity index (χ0) is 15.2. The van der Waals surface area contributed by atoms with Gasteiger partial charge in [-0.25, -0.2) is 4.79 Å². The fraction of sp³-hybridized carbons (Fsp3) is 0.286. The highest BCUT2D eigenvalue weighted by Crippen LogP contribution is 2.18. The number of hydrogen-bond donors (Lipinski definition) is 1. The van der Waals surface area contributed by atoms with Crippen LogP contribution in [-0.2, 0) is 14.2 Å². The van der Waals surface area contributed by atoms with Crippen molar-refractivity contribution >= 4 is 18.6 Å². The minimum Gasteiger partial charge on any atom is -0.464 e. The highest BCUT2D eigenvalue weighted by atomic mass is 16.5. The van der Waals surface area contributed by atoms with E-state index in [1.54, 1.807) is 13.1 Å². The molecule has 2 aromatic rings. The Hall–Kier alpha value is -2.12. The van der Waals surface area contributed by atoms with Gasteiger partial charge in [0.15, 0.2) is 6.04 Å². The Labute approximate surface area is 123 Å². The molecule has 2 rings (SSSR count). The molecule has 0 bridgehead atoms. The van der Waals surface area contributed by atoms with Gasteiger partial charge in [0.2, 0.25) is 0 Å². The Morgan fingerprint density at radius 3 is 2.76 bits per heavy atom. The van der Waals surface area contributed by atoms with E-state index in [4.69, 9.17) is 9.39 Å². The second kappa shape index (κ2) is 7.05. The van der Waals surface area contributed by atoms with Crippen molar-refractivity contribution in [1.29, 1.82) is 0 Å². The summed E-state index contributed by atoms with van der Waals surface area (Å²) in [7, 11) is 0.319. The summed E-state index contributed by atoms with van der Waals surface area (Å²) in [6, 6.07) is 8.52. The standard InChI is InChI=1S/C14H17BN2O4/c1-3-21-14(18)13(11-7-5-4-6-8-11)17-10-12(9-16-17)15(19)20-2/h4-10,13,19H,3H2,1-2H3. The zero-order valence-electron chi connectivity index (χ0n) is 12.0. The summed E-state index contributed by atoms with van der Waals surface area (Å²) in [4.78, 5) is 12.2. The lowest BCUT2D eigenvalue weighted by atomic mass is 9.82. The molecule has 0 aliphatic carbocycles. The summed E-state index contributed by atoms with van der Waals surface area (Å²) in [6.07, 6.45) is 3.03. The number of carbonyl (C=O) groups is 1. The Balaban J connectivity index is 2.36. The summed E-state index contributed by atoms with van der Waals surface area (Å²) >= 11 is 0. The molecular weight excluding hydrogens is 271 g/mol. The maximum absolute atomic E-state index is 12.2. The van der Waals surface area contributed by atoms with Crippen LogP contribution in [0.2, 0.25) is 0 Å². The Morgan fingerprint density at radius 1 is 1.43 bits per heavy atom. The molecule has 0 spiro atoms. The summed E-state index contributed by atoms with van der Waals surface area (Å²) in [5.74, 6) is -0.398. The number of hydrogen-bond acceptors (Lipinski definition) is 5. The number of esters is 1. The highest BCUT2D eigenvalue weighted by Gasteiger charge is 2.26. The lowest BCUT2D eigenvalue weighted by molar-refractivity contribution is -0.146. The van der Waals surface area contributed by atoms with Crippen molar-refractivity contribution in [3.05, 3.63) is 48.3 Å². The second-order valence-electron chi connectivity index (χ2n) is 4.41. The molecule has 0 saturated heterocycles. The minimum atomic E-state index is -1.07. The van der Waals surface area contributed by atoms with Crippen molar-refractivity contribution < 1.29 is 19.2 Å². The first kappa shape index (κ1) is 15.3. The first-order valence-electron chi connectivity index (χ1n) is 6.63. The number of nitrogens with zero attached hydrogens (tertiary/aromatic N) is 2. The number of benzene rings is 1. The predicted octanol–water partition coefficient (Wildman–Crippen LogP) is 0.369. The molecule has 1 N–H and O–H groups in total. The SMILES string of the molecule is CCOC(=O)C(c1ccccc1)n1cc(B(O)OC)cn1. The third-order valence-corrected chi connectivity index (χ3v) is 3.02. The summed E-state index contributed by atoms with van der Waals surface area (Å²) in [5, 5.41) is 13.8. The molecule has 7 heteroatoms. The smallest absolute Gasteiger partial charge is 0.464 e. The fourth-order valence-corrected chi connectivity index (χ4v) is 2.01. The van der Waals surface area contributed by atoms with Gasteiger partial charge >= 0.3 is 13.1 Å². The van der Waals surface area contributed by atoms with Gasteiger partial charge in [0.25, 0.3) is 0 Å². The number of carbonyl (C=O) groups excluding carboxylic acids is 1. The molecule has 1 aromatic heterocycles. The van der Waals surface area contributed by atoms with E-state index < -0.39 is 19.1 Å². The minimum absolute atomic E-state index is 0.289. The number of rotatable bonds is 6. The maximum atomic E-state index is 12.2. The lowest BCUT2D eigenvalue weighted by Crippen LogP contribution is -2.31. The van der Waals surface area contributed by atoms with Crippen LogP contribution in [0.25, 0.3) is 0 Å². The Morgan fingerprint density at radius 2 is 2.14 bits per heavy atom. The molecule has 6 nitrogen and oxygen atoms in total. The van der Waals surface area contributed by atoms with E-state index in [0.29, 0.717) is 5.46 Å². The summed E-state index contributed by atoms with van der Waals surface area (Å²) in [6.45, 7) is 2.04. The third kappa shape index (κ3) is 3.50. The van der Waals surface area contributed by atoms with Crippen molar-refractivity contribution in [3.8, 4) is 0 Å². The molecular formula is C14H17BN2O4. The van der Waals surface area contributed by atoms with Crippen LogP contribution in [0, 0.1) is 0 Å². The molecule has 0 aliphatic rings. The van der Waals surface area contributed by atoms with E-state index in [2.05, 4.69) is 5.10 Å². The average Bonchev–Trinajstić information content (AvgIpc) is 2.97. The van der Waals surface area contributed by atoms with E-state index in [1.165, 1.54) is 18.0 Å². The van der Waals surface area contributed by atoms with Gasteiger partial charge in [-0.3, -0.25) is 4.68 Å². The van der Waals surface area contributed by atoms with Crippen LogP contribution in [0.3, 0.4) is 0 Å². The zero-order valence-corrected chi connectivity index (χ0v) is 12.0. The molecule has 1 aromatic carbocycles. The molecule has 0 saturated carbocycles. The molecule has 1 heterocycles. The third-order valence-electron chi connectivity index (χ3n) is 3.02. The summed E-state index contributed by atoms with van der Waals surface area (Å²) < 4.78 is 11.4. The van der Waals surface area contributed by atoms with Crippen LogP contribution < -0.4 is 5.46 Å². The first-order chi connectivity index (χ1) is 10.2. The second-order valence-corrected chi connectivity index (χ2v) is 4.41. The van der Waals surface area contributed by atoms with E-state index in [-0.39, 0.29) is 6.61 Å². The fourth-order valence-electron chi connectivity index (χ4n) is 2.01. The van der Waals surface area contributed by atoms with Gasteiger partial charge in [-0.05, 0) is 12.5 Å². The highest BCUT2D eigenvalue weighted by molar-refractivity contribution is 6.59. The van der Waals surface area contributed by atoms with Crippen molar-refractivity contribution in [2.45, 2.75) is 13.0 Å². The lowest BCUT2D eigenvalue weighted by Gasteiger charge is -2.16. The van der Waals surface area contributed by atoms with Crippen LogP contribution in [-0.4, -0.2) is 41.6 Å². The molecule has 1 atom stereocenters. The van der Waals surface area contributed by atoms with Gasteiger partial charge in [0.05, 0.1) is 6.61 Å². The number of aromatic nitrogens is 2. The molecule has 1 unspecified atom stereocenters. The molecule has 110 valence electrons. The van der Waals surface area contributed by atoms with Crippen LogP contribution in [0.5, 0.6) is 0 Å². The van der Waals surface area contributed by atoms with Crippen molar-refractivity contribution in [1.82, 2.24) is 9.78 Å². The van der Waals surface area contributed by atoms with Gasteiger partial charge in [0.1, 0.15) is 0 Å². The quantitative estimate of drug-likeness (QED) is 0.614. The maximum Gasteiger partial charge on any atom is 0.494 e.